The molecule has 0 saturated carbocycles. The van der Waals surface area contributed by atoms with Gasteiger partial charge < -0.3 is 21.5 Å². The van der Waals surface area contributed by atoms with E-state index in [-0.39, 0.29) is 6.10 Å². The largest absolute Gasteiger partial charge is 0.462 e. The highest BCUT2D eigenvalue weighted by molar-refractivity contribution is 5.75. The van der Waals surface area contributed by atoms with Crippen molar-refractivity contribution in [3.05, 3.63) is 0 Å². The van der Waals surface area contributed by atoms with Gasteiger partial charge in [0.15, 0.2) is 0 Å². The molecular weight excluding hydrogens is 198 g/mol. The second-order valence-corrected chi connectivity index (χ2v) is 3.53. The maximum Gasteiger partial charge on any atom is 0.323 e. The molecule has 0 aromatic rings. The molecule has 0 rings (SSSR count). The number of carbonyl (C=O) groups excluding carboxylic acids is 2. The van der Waals surface area contributed by atoms with Gasteiger partial charge in [0.2, 0.25) is 0 Å². The van der Waals surface area contributed by atoms with Crippen LogP contribution in [0.15, 0.2) is 0 Å². The van der Waals surface area contributed by atoms with E-state index in [0.717, 1.165) is 0 Å². The Morgan fingerprint density at radius 3 is 2.47 bits per heavy atom. The molecule has 6 heteroatoms. The molecule has 0 unspecified atom stereocenters. The molecule has 0 aromatic heterocycles. The zero-order valence-corrected chi connectivity index (χ0v) is 9.16. The molecule has 0 aliphatic carbocycles. The summed E-state index contributed by atoms with van der Waals surface area (Å²) in [5.74, 6) is -0.413. The summed E-state index contributed by atoms with van der Waals surface area (Å²) >= 11 is 0. The van der Waals surface area contributed by atoms with Crippen molar-refractivity contribution >= 4 is 12.0 Å². The molecule has 5 N–H and O–H groups in total. The molecule has 0 spiro atoms. The van der Waals surface area contributed by atoms with Crippen LogP contribution >= 0.6 is 0 Å². The molecule has 0 aromatic carbocycles. The lowest BCUT2D eigenvalue weighted by atomic mass is 10.1. The van der Waals surface area contributed by atoms with Crippen LogP contribution < -0.4 is 16.8 Å². The van der Waals surface area contributed by atoms with Gasteiger partial charge in [-0.3, -0.25) is 4.79 Å². The number of amides is 2. The van der Waals surface area contributed by atoms with Gasteiger partial charge in [-0.1, -0.05) is 0 Å². The molecule has 0 heterocycles. The number of ether oxygens (including phenoxy) is 1. The first-order chi connectivity index (χ1) is 6.93. The average Bonchev–Trinajstić information content (AvgIpc) is 2.10. The summed E-state index contributed by atoms with van der Waals surface area (Å²) in [4.78, 5) is 21.5. The summed E-state index contributed by atoms with van der Waals surface area (Å²) in [5.41, 5.74) is 10.4. The number of esters is 1. The summed E-state index contributed by atoms with van der Waals surface area (Å²) in [5, 5.41) is 2.41. The topological polar surface area (TPSA) is 107 Å². The molecule has 2 amide bonds. The fourth-order valence-corrected chi connectivity index (χ4v) is 0.971. The van der Waals surface area contributed by atoms with Crippen LogP contribution in [0, 0.1) is 0 Å². The predicted octanol–water partition coefficient (Wildman–Crippen LogP) is -0.286. The fraction of sp³-hybridized carbons (Fsp3) is 0.778. The quantitative estimate of drug-likeness (QED) is 0.420. The van der Waals surface area contributed by atoms with Crippen molar-refractivity contribution < 1.29 is 14.3 Å². The van der Waals surface area contributed by atoms with Crippen LogP contribution in [-0.4, -0.2) is 30.7 Å². The van der Waals surface area contributed by atoms with Crippen molar-refractivity contribution in [2.45, 2.75) is 38.8 Å². The van der Waals surface area contributed by atoms with Crippen LogP contribution in [0.3, 0.4) is 0 Å². The monoisotopic (exact) mass is 217 g/mol. The molecule has 0 fully saturated rings. The summed E-state index contributed by atoms with van der Waals surface area (Å²) in [6.07, 6.45) is 0.899. The zero-order chi connectivity index (χ0) is 11.8. The van der Waals surface area contributed by atoms with Crippen molar-refractivity contribution in [3.8, 4) is 0 Å². The molecular formula is C9H19N3O3. The Hall–Kier alpha value is -1.30. The molecule has 1 atom stereocenters. The molecule has 0 aliphatic rings. The highest BCUT2D eigenvalue weighted by Gasteiger charge is 2.15. The maximum atomic E-state index is 11.2. The molecule has 0 aliphatic heterocycles. The molecule has 6 nitrogen and oxygen atoms in total. The van der Waals surface area contributed by atoms with Crippen molar-refractivity contribution in [2.75, 3.05) is 6.54 Å². The fourth-order valence-electron chi connectivity index (χ4n) is 0.971. The van der Waals surface area contributed by atoms with E-state index in [9.17, 15) is 9.59 Å². The summed E-state index contributed by atoms with van der Waals surface area (Å²) < 4.78 is 4.91. The van der Waals surface area contributed by atoms with E-state index in [2.05, 4.69) is 5.32 Å². The first-order valence-corrected chi connectivity index (χ1v) is 4.93. The van der Waals surface area contributed by atoms with E-state index >= 15 is 0 Å². The standard InChI is InChI=1S/C9H19N3O3/c1-6(2)15-8(13)7(10)4-3-5-12-9(11)14/h6-7H,3-5,10H2,1-2H3,(H3,11,12,14)/t7-/m0/s1. The Morgan fingerprint density at radius 1 is 1.40 bits per heavy atom. The van der Waals surface area contributed by atoms with E-state index in [1.165, 1.54) is 0 Å². The predicted molar refractivity (Wildman–Crippen MR) is 56.0 cm³/mol. The van der Waals surface area contributed by atoms with Gasteiger partial charge in [0.05, 0.1) is 6.10 Å². The van der Waals surface area contributed by atoms with Gasteiger partial charge in [0, 0.05) is 6.54 Å². The van der Waals surface area contributed by atoms with Crippen molar-refractivity contribution in [2.24, 2.45) is 11.5 Å². The minimum absolute atomic E-state index is 0.160. The van der Waals surface area contributed by atoms with Gasteiger partial charge in [-0.05, 0) is 26.7 Å². The van der Waals surface area contributed by atoms with Gasteiger partial charge in [0.25, 0.3) is 0 Å². The second kappa shape index (κ2) is 7.05. The lowest BCUT2D eigenvalue weighted by Gasteiger charge is -2.13. The van der Waals surface area contributed by atoms with Crippen molar-refractivity contribution in [1.29, 1.82) is 0 Å². The smallest absolute Gasteiger partial charge is 0.323 e. The highest BCUT2D eigenvalue weighted by Crippen LogP contribution is 1.99. The number of nitrogens with one attached hydrogen (secondary N) is 1. The van der Waals surface area contributed by atoms with E-state index in [4.69, 9.17) is 16.2 Å². The van der Waals surface area contributed by atoms with Gasteiger partial charge in [-0.15, -0.1) is 0 Å². The van der Waals surface area contributed by atoms with Crippen LogP contribution in [0.4, 0.5) is 4.79 Å². The van der Waals surface area contributed by atoms with E-state index < -0.39 is 18.0 Å². The van der Waals surface area contributed by atoms with E-state index in [1.54, 1.807) is 13.8 Å². The van der Waals surface area contributed by atoms with Crippen LogP contribution in [0.5, 0.6) is 0 Å². The average molecular weight is 217 g/mol. The van der Waals surface area contributed by atoms with Crippen LogP contribution in [0.2, 0.25) is 0 Å². The second-order valence-electron chi connectivity index (χ2n) is 3.53. The number of primary amides is 1. The maximum absolute atomic E-state index is 11.2. The number of rotatable bonds is 6. The third kappa shape index (κ3) is 7.75. The number of hydrogen-bond donors (Lipinski definition) is 3. The highest BCUT2D eigenvalue weighted by atomic mass is 16.5. The van der Waals surface area contributed by atoms with Crippen molar-refractivity contribution in [1.82, 2.24) is 5.32 Å². The lowest BCUT2D eigenvalue weighted by Crippen LogP contribution is -2.35. The first-order valence-electron chi connectivity index (χ1n) is 4.93. The van der Waals surface area contributed by atoms with Crippen LogP contribution in [0.25, 0.3) is 0 Å². The van der Waals surface area contributed by atoms with Gasteiger partial charge in [-0.25, -0.2) is 4.79 Å². The normalized spacial score (nSPS) is 12.3. The summed E-state index contributed by atoms with van der Waals surface area (Å²) in [6, 6.07) is -1.21. The molecule has 0 saturated heterocycles. The first kappa shape index (κ1) is 13.7. The summed E-state index contributed by atoms with van der Waals surface area (Å²) in [7, 11) is 0. The number of hydrogen-bond acceptors (Lipinski definition) is 4. The number of nitrogens with two attached hydrogens (primary N) is 2. The Bertz CT molecular complexity index is 219. The van der Waals surface area contributed by atoms with Gasteiger partial charge in [-0.2, -0.15) is 0 Å². The van der Waals surface area contributed by atoms with Crippen LogP contribution in [-0.2, 0) is 9.53 Å². The minimum Gasteiger partial charge on any atom is -0.462 e. The molecule has 0 radical (unpaired) electrons. The van der Waals surface area contributed by atoms with E-state index in [0.29, 0.717) is 19.4 Å². The lowest BCUT2D eigenvalue weighted by molar-refractivity contribution is -0.149. The molecule has 88 valence electrons. The zero-order valence-electron chi connectivity index (χ0n) is 9.16. The molecule has 15 heavy (non-hydrogen) atoms. The Balaban J connectivity index is 3.60. The Morgan fingerprint density at radius 2 is 2.00 bits per heavy atom. The van der Waals surface area contributed by atoms with Crippen molar-refractivity contribution in [3.63, 3.8) is 0 Å². The van der Waals surface area contributed by atoms with Crippen LogP contribution in [0.1, 0.15) is 26.7 Å². The number of carbonyl (C=O) groups is 2. The third-order valence-corrected chi connectivity index (χ3v) is 1.65. The summed E-state index contributed by atoms with van der Waals surface area (Å²) in [6.45, 7) is 3.94. The van der Waals surface area contributed by atoms with E-state index in [1.807, 2.05) is 0 Å². The Labute approximate surface area is 89.3 Å². The SMILES string of the molecule is CC(C)OC(=O)[C@@H](N)CCCNC(N)=O. The van der Waals surface area contributed by atoms with Gasteiger partial charge in [0.1, 0.15) is 6.04 Å². The molecule has 0 bridgehead atoms. The van der Waals surface area contributed by atoms with Gasteiger partial charge >= 0.3 is 12.0 Å². The minimum atomic E-state index is -0.637. The Kier molecular flexibility index (Phi) is 6.44. The number of urea groups is 1. The third-order valence-electron chi connectivity index (χ3n) is 1.65.